The number of nitriles is 1. The van der Waals surface area contributed by atoms with Crippen molar-refractivity contribution in [2.45, 2.75) is 0 Å². The van der Waals surface area contributed by atoms with E-state index in [0.717, 1.165) is 0 Å². The first-order chi connectivity index (χ1) is 9.72. The zero-order valence-corrected chi connectivity index (χ0v) is 10.9. The van der Waals surface area contributed by atoms with Crippen LogP contribution in [0.3, 0.4) is 0 Å². The van der Waals surface area contributed by atoms with E-state index < -0.39 is 0 Å². The molecule has 1 aromatic carbocycles. The number of ether oxygens (including phenoxy) is 1. The number of benzene rings is 1. The van der Waals surface area contributed by atoms with Gasteiger partial charge in [0.05, 0.1) is 18.7 Å². The van der Waals surface area contributed by atoms with Gasteiger partial charge in [0.15, 0.2) is 5.84 Å². The predicted molar refractivity (Wildman–Crippen MR) is 76.4 cm³/mol. The molecule has 1 heterocycles. The Bertz CT molecular complexity index is 687. The van der Waals surface area contributed by atoms with Crippen molar-refractivity contribution in [3.63, 3.8) is 0 Å². The summed E-state index contributed by atoms with van der Waals surface area (Å²) in [5, 5.41) is 16.8. The van der Waals surface area contributed by atoms with E-state index in [1.165, 1.54) is 13.3 Å². The van der Waals surface area contributed by atoms with Crippen LogP contribution in [0.2, 0.25) is 0 Å². The van der Waals surface area contributed by atoms with E-state index in [-0.39, 0.29) is 5.84 Å². The largest absolute Gasteiger partial charge is 0.497 e. The van der Waals surface area contributed by atoms with Crippen LogP contribution >= 0.6 is 0 Å². The molecule has 0 fully saturated rings. The average Bonchev–Trinajstić information content (AvgIpc) is 2.53. The molecule has 2 aromatic rings. The van der Waals surface area contributed by atoms with Gasteiger partial charge in [-0.05, 0) is 35.9 Å². The Kier molecular flexibility index (Phi) is 4.20. The predicted octanol–water partition coefficient (Wildman–Crippen LogP) is 2.41. The topological polar surface area (TPSA) is 82.1 Å². The molecule has 5 nitrogen and oxygen atoms in total. The molecule has 0 amide bonds. The first kappa shape index (κ1) is 13.4. The smallest absolute Gasteiger partial charge is 0.170 e. The van der Waals surface area contributed by atoms with Crippen molar-refractivity contribution in [1.29, 1.82) is 10.7 Å². The number of nitrogens with one attached hydrogen (secondary N) is 1. The van der Waals surface area contributed by atoms with E-state index >= 15 is 0 Å². The Morgan fingerprint density at radius 1 is 1.40 bits per heavy atom. The molecule has 0 radical (unpaired) electrons. The van der Waals surface area contributed by atoms with Gasteiger partial charge in [-0.15, -0.1) is 0 Å². The maximum atomic E-state index is 8.94. The van der Waals surface area contributed by atoms with Gasteiger partial charge in [0.1, 0.15) is 11.4 Å². The van der Waals surface area contributed by atoms with Crippen LogP contribution in [0.4, 0.5) is 0 Å². The molecule has 0 aliphatic rings. The molecule has 5 heteroatoms. The first-order valence-corrected chi connectivity index (χ1v) is 5.86. The van der Waals surface area contributed by atoms with E-state index in [1.807, 2.05) is 0 Å². The van der Waals surface area contributed by atoms with Crippen molar-refractivity contribution in [1.82, 2.24) is 4.98 Å². The lowest BCUT2D eigenvalue weighted by molar-refractivity contribution is 0.414. The molecule has 0 spiro atoms. The fourth-order valence-corrected chi connectivity index (χ4v) is 1.59. The third kappa shape index (κ3) is 3.27. The molecule has 20 heavy (non-hydrogen) atoms. The van der Waals surface area contributed by atoms with Crippen LogP contribution in [-0.2, 0) is 0 Å². The van der Waals surface area contributed by atoms with Gasteiger partial charge in [0.2, 0.25) is 0 Å². The van der Waals surface area contributed by atoms with Gasteiger partial charge in [-0.25, -0.2) is 4.99 Å². The Balaban J connectivity index is 2.24. The summed E-state index contributed by atoms with van der Waals surface area (Å²) in [6.45, 7) is 0. The van der Waals surface area contributed by atoms with Gasteiger partial charge in [-0.2, -0.15) is 5.26 Å². The molecule has 1 aromatic heterocycles. The number of rotatable bonds is 3. The summed E-state index contributed by atoms with van der Waals surface area (Å²) in [6, 6.07) is 12.4. The quantitative estimate of drug-likeness (QED) is 0.682. The summed E-state index contributed by atoms with van der Waals surface area (Å²) in [6.07, 6.45) is 3.12. The summed E-state index contributed by atoms with van der Waals surface area (Å²) < 4.78 is 5.11. The highest BCUT2D eigenvalue weighted by atomic mass is 16.5. The van der Waals surface area contributed by atoms with Crippen LogP contribution in [0.5, 0.6) is 5.75 Å². The SMILES string of the molecule is COc1cc(C#N)cc(C=NC(=N)c2ccccn2)c1. The molecule has 0 saturated carbocycles. The third-order valence-corrected chi connectivity index (χ3v) is 2.54. The van der Waals surface area contributed by atoms with E-state index in [2.05, 4.69) is 16.0 Å². The van der Waals surface area contributed by atoms with Crippen LogP contribution in [0.15, 0.2) is 47.6 Å². The van der Waals surface area contributed by atoms with Gasteiger partial charge >= 0.3 is 0 Å². The highest BCUT2D eigenvalue weighted by molar-refractivity contribution is 6.02. The van der Waals surface area contributed by atoms with E-state index in [0.29, 0.717) is 22.6 Å². The second-order valence-electron chi connectivity index (χ2n) is 3.93. The van der Waals surface area contributed by atoms with Crippen LogP contribution < -0.4 is 4.74 Å². The first-order valence-electron chi connectivity index (χ1n) is 5.86. The van der Waals surface area contributed by atoms with Crippen molar-refractivity contribution in [2.75, 3.05) is 7.11 Å². The fraction of sp³-hybridized carbons (Fsp3) is 0.0667. The Morgan fingerprint density at radius 2 is 2.25 bits per heavy atom. The molecule has 2 rings (SSSR count). The van der Waals surface area contributed by atoms with Gasteiger partial charge in [-0.3, -0.25) is 10.4 Å². The van der Waals surface area contributed by atoms with E-state index in [4.69, 9.17) is 15.4 Å². The Hall–Kier alpha value is -3.00. The number of amidine groups is 1. The minimum atomic E-state index is 0.0620. The number of hydrogen-bond acceptors (Lipinski definition) is 4. The standard InChI is InChI=1S/C15H12N4O/c1-20-13-7-11(9-16)6-12(8-13)10-19-15(17)14-4-2-3-5-18-14/h2-8,10,17H,1H3. The Labute approximate surface area is 116 Å². The molecule has 0 aliphatic carbocycles. The molecular formula is C15H12N4O. The van der Waals surface area contributed by atoms with Gasteiger partial charge < -0.3 is 4.74 Å². The van der Waals surface area contributed by atoms with Crippen molar-refractivity contribution in [3.8, 4) is 11.8 Å². The number of nitrogens with zero attached hydrogens (tertiary/aromatic N) is 3. The Morgan fingerprint density at radius 3 is 2.90 bits per heavy atom. The molecule has 0 aliphatic heterocycles. The fourth-order valence-electron chi connectivity index (χ4n) is 1.59. The molecule has 0 atom stereocenters. The van der Waals surface area contributed by atoms with Crippen molar-refractivity contribution in [3.05, 3.63) is 59.4 Å². The molecule has 0 unspecified atom stereocenters. The monoisotopic (exact) mass is 264 g/mol. The van der Waals surface area contributed by atoms with Crippen LogP contribution in [0, 0.1) is 16.7 Å². The highest BCUT2D eigenvalue weighted by Gasteiger charge is 2.01. The van der Waals surface area contributed by atoms with Crippen molar-refractivity contribution < 1.29 is 4.74 Å². The zero-order chi connectivity index (χ0) is 14.4. The number of methoxy groups -OCH3 is 1. The van der Waals surface area contributed by atoms with Crippen molar-refractivity contribution >= 4 is 12.1 Å². The van der Waals surface area contributed by atoms with Crippen LogP contribution in [-0.4, -0.2) is 24.1 Å². The lowest BCUT2D eigenvalue weighted by Gasteiger charge is -2.02. The number of aliphatic imine (C=N–C) groups is 1. The number of hydrogen-bond donors (Lipinski definition) is 1. The molecule has 0 saturated heterocycles. The molecule has 1 N–H and O–H groups in total. The minimum Gasteiger partial charge on any atom is -0.497 e. The zero-order valence-electron chi connectivity index (χ0n) is 10.9. The molecule has 98 valence electrons. The van der Waals surface area contributed by atoms with E-state index in [9.17, 15) is 0 Å². The normalized spacial score (nSPS) is 10.2. The summed E-state index contributed by atoms with van der Waals surface area (Å²) in [5.74, 6) is 0.641. The number of aromatic nitrogens is 1. The molecule has 0 bridgehead atoms. The highest BCUT2D eigenvalue weighted by Crippen LogP contribution is 2.15. The summed E-state index contributed by atoms with van der Waals surface area (Å²) >= 11 is 0. The summed E-state index contributed by atoms with van der Waals surface area (Å²) in [7, 11) is 1.54. The van der Waals surface area contributed by atoms with E-state index in [1.54, 1.807) is 42.6 Å². The maximum absolute atomic E-state index is 8.94. The summed E-state index contributed by atoms with van der Waals surface area (Å²) in [5.41, 5.74) is 1.67. The van der Waals surface area contributed by atoms with Gasteiger partial charge in [-0.1, -0.05) is 6.07 Å². The number of pyridine rings is 1. The average molecular weight is 264 g/mol. The lowest BCUT2D eigenvalue weighted by Crippen LogP contribution is -1.99. The van der Waals surface area contributed by atoms with Crippen LogP contribution in [0.1, 0.15) is 16.8 Å². The molecular weight excluding hydrogens is 252 g/mol. The third-order valence-electron chi connectivity index (χ3n) is 2.54. The van der Waals surface area contributed by atoms with Gasteiger partial charge in [0.25, 0.3) is 0 Å². The lowest BCUT2D eigenvalue weighted by atomic mass is 10.1. The second kappa shape index (κ2) is 6.25. The second-order valence-corrected chi connectivity index (χ2v) is 3.93. The van der Waals surface area contributed by atoms with Crippen LogP contribution in [0.25, 0.3) is 0 Å². The van der Waals surface area contributed by atoms with Gasteiger partial charge in [0, 0.05) is 12.4 Å². The minimum absolute atomic E-state index is 0.0620. The van der Waals surface area contributed by atoms with Crippen molar-refractivity contribution in [2.24, 2.45) is 4.99 Å². The summed E-state index contributed by atoms with van der Waals surface area (Å²) in [4.78, 5) is 8.09. The maximum Gasteiger partial charge on any atom is 0.170 e.